The molecule has 9 nitrogen and oxygen atoms in total. The quantitative estimate of drug-likeness (QED) is 0.0205. The Bertz CT molecular complexity index is 1710. The predicted molar refractivity (Wildman–Crippen MR) is 364 cm³/mol. The number of likely N-dealkylation sites (N-methyl/N-ethyl adjacent to an activating group) is 1. The van der Waals surface area contributed by atoms with Crippen LogP contribution in [0.15, 0.2) is 85.1 Å². The molecule has 2 N–H and O–H groups in total. The van der Waals surface area contributed by atoms with Gasteiger partial charge in [0.25, 0.3) is 0 Å². The Hall–Kier alpha value is -2.81. The average Bonchev–Trinajstić information content (AvgIpc) is 3.64. The summed E-state index contributed by atoms with van der Waals surface area (Å²) >= 11 is 0. The molecule has 0 radical (unpaired) electrons. The van der Waals surface area contributed by atoms with E-state index in [1.165, 1.54) is 205 Å². The van der Waals surface area contributed by atoms with Crippen molar-refractivity contribution in [3.05, 3.63) is 85.1 Å². The predicted octanol–water partition coefficient (Wildman–Crippen LogP) is 22.5. The lowest BCUT2D eigenvalue weighted by Gasteiger charge is -2.27. The number of phosphoric ester groups is 1. The highest BCUT2D eigenvalue weighted by Gasteiger charge is 2.30. The van der Waals surface area contributed by atoms with Crippen molar-refractivity contribution in [1.29, 1.82) is 0 Å². The minimum absolute atomic E-state index is 0.0363. The van der Waals surface area contributed by atoms with Crippen molar-refractivity contribution in [3.8, 4) is 0 Å². The molecule has 3 unspecified atom stereocenters. The van der Waals surface area contributed by atoms with Gasteiger partial charge in [-0.15, -0.1) is 0 Å². The van der Waals surface area contributed by atoms with Gasteiger partial charge in [-0.3, -0.25) is 18.6 Å². The standard InChI is InChI=1S/C74H135N2O7P/c1-7-10-13-16-19-22-25-28-30-32-34-36-38-40-42-44-46-48-51-54-57-60-63-66-73(77)75-71(70-82-84(79,80)81-69-68-76(4,5)6)72(65-62-59-56-53-50-27-24-21-18-15-12-9-3)83-74(78)67-64-61-58-55-52-49-47-45-43-41-39-37-35-33-31-29-26-23-20-17-14-11-8-2/h19-20,22-23,28-31,34-37,62,65,71-72H,7-18,21,24-27,32-33,38-61,63-64,66-70H2,1-6H3,(H-,75,77,79,80)/p+1/b22-19-,23-20-,30-28-,31-29-,36-34-,37-35-,65-62+. The molecule has 0 aliphatic heterocycles. The van der Waals surface area contributed by atoms with E-state index < -0.39 is 20.0 Å². The van der Waals surface area contributed by atoms with Gasteiger partial charge in [0.1, 0.15) is 19.3 Å². The fourth-order valence-electron chi connectivity index (χ4n) is 10.1. The van der Waals surface area contributed by atoms with Crippen LogP contribution in [0.2, 0.25) is 0 Å². The number of ether oxygens (including phenoxy) is 1. The van der Waals surface area contributed by atoms with Crippen molar-refractivity contribution in [2.45, 2.75) is 335 Å². The average molecular weight is 1200 g/mol. The lowest BCUT2D eigenvalue weighted by Crippen LogP contribution is -2.47. The fraction of sp³-hybridized carbons (Fsp3) is 0.784. The normalized spacial score (nSPS) is 14.0. The summed E-state index contributed by atoms with van der Waals surface area (Å²) in [5, 5.41) is 3.07. The van der Waals surface area contributed by atoms with Gasteiger partial charge >= 0.3 is 13.8 Å². The molecular formula is C74H136N2O7P+. The molecule has 84 heavy (non-hydrogen) atoms. The third kappa shape index (κ3) is 63.7. The molecule has 0 spiro atoms. The van der Waals surface area contributed by atoms with Crippen molar-refractivity contribution in [2.75, 3.05) is 40.9 Å². The van der Waals surface area contributed by atoms with Crippen LogP contribution in [0.25, 0.3) is 0 Å². The van der Waals surface area contributed by atoms with Crippen molar-refractivity contribution in [3.63, 3.8) is 0 Å². The molecule has 0 fully saturated rings. The number of nitrogens with zero attached hydrogens (tertiary/aromatic N) is 1. The van der Waals surface area contributed by atoms with E-state index in [1.54, 1.807) is 0 Å². The second-order valence-corrected chi connectivity index (χ2v) is 26.5. The van der Waals surface area contributed by atoms with Crippen molar-refractivity contribution in [2.24, 2.45) is 0 Å². The highest BCUT2D eigenvalue weighted by Crippen LogP contribution is 2.43. The Kier molecular flexibility index (Phi) is 61.1. The number of carbonyl (C=O) groups excluding carboxylic acids is 2. The van der Waals surface area contributed by atoms with Crippen molar-refractivity contribution >= 4 is 19.7 Å². The second kappa shape index (κ2) is 63.2. The molecular weight excluding hydrogens is 1060 g/mol. The summed E-state index contributed by atoms with van der Waals surface area (Å²) in [6.45, 7) is 6.98. The van der Waals surface area contributed by atoms with Crippen LogP contribution in [0.5, 0.6) is 0 Å². The van der Waals surface area contributed by atoms with Gasteiger partial charge in [0.05, 0.1) is 33.8 Å². The zero-order valence-electron chi connectivity index (χ0n) is 55.9. The van der Waals surface area contributed by atoms with Crippen molar-refractivity contribution < 1.29 is 37.3 Å². The van der Waals surface area contributed by atoms with E-state index >= 15 is 0 Å². The van der Waals surface area contributed by atoms with E-state index in [0.717, 1.165) is 83.5 Å². The summed E-state index contributed by atoms with van der Waals surface area (Å²) in [6, 6.07) is -0.857. The molecule has 488 valence electrons. The summed E-state index contributed by atoms with van der Waals surface area (Å²) in [7, 11) is 1.49. The van der Waals surface area contributed by atoms with Gasteiger partial charge in [0.2, 0.25) is 5.91 Å². The maximum atomic E-state index is 13.6. The number of hydrogen-bond donors (Lipinski definition) is 2. The molecule has 0 aromatic carbocycles. The topological polar surface area (TPSA) is 111 Å². The first kappa shape index (κ1) is 81.2. The molecule has 0 aliphatic rings. The Morgan fingerprint density at radius 3 is 1.11 bits per heavy atom. The number of rotatable bonds is 64. The number of phosphoric acid groups is 1. The lowest BCUT2D eigenvalue weighted by atomic mass is 10.0. The Balaban J connectivity index is 5.10. The van der Waals surface area contributed by atoms with E-state index in [4.69, 9.17) is 13.8 Å². The van der Waals surface area contributed by atoms with Gasteiger partial charge in [0, 0.05) is 12.8 Å². The van der Waals surface area contributed by atoms with Crippen molar-refractivity contribution in [1.82, 2.24) is 5.32 Å². The first-order valence-corrected chi connectivity index (χ1v) is 36.9. The Morgan fingerprint density at radius 2 is 0.726 bits per heavy atom. The summed E-state index contributed by atoms with van der Waals surface area (Å²) in [4.78, 5) is 37.9. The molecule has 0 heterocycles. The molecule has 0 bridgehead atoms. The number of unbranched alkanes of at least 4 members (excludes halogenated alkanes) is 36. The third-order valence-electron chi connectivity index (χ3n) is 15.6. The van der Waals surface area contributed by atoms with Crippen LogP contribution in [-0.4, -0.2) is 74.3 Å². The zero-order valence-corrected chi connectivity index (χ0v) is 56.8. The Morgan fingerprint density at radius 1 is 0.417 bits per heavy atom. The number of hydrogen-bond acceptors (Lipinski definition) is 6. The number of quaternary nitrogens is 1. The van der Waals surface area contributed by atoms with Crippen LogP contribution < -0.4 is 5.32 Å². The summed E-state index contributed by atoms with van der Waals surface area (Å²) in [6.07, 6.45) is 84.4. The van der Waals surface area contributed by atoms with Crippen LogP contribution in [0.1, 0.15) is 323 Å². The number of amides is 1. The van der Waals surface area contributed by atoms with E-state index in [2.05, 4.69) is 99.0 Å². The smallest absolute Gasteiger partial charge is 0.456 e. The van der Waals surface area contributed by atoms with Crippen LogP contribution in [0.3, 0.4) is 0 Å². The third-order valence-corrected chi connectivity index (χ3v) is 16.5. The molecule has 0 aromatic heterocycles. The maximum absolute atomic E-state index is 13.6. The summed E-state index contributed by atoms with van der Waals surface area (Å²) in [5.74, 6) is -0.508. The maximum Gasteiger partial charge on any atom is 0.472 e. The highest BCUT2D eigenvalue weighted by atomic mass is 31.2. The summed E-state index contributed by atoms with van der Waals surface area (Å²) in [5.41, 5.74) is 0. The molecule has 0 aliphatic carbocycles. The number of nitrogens with one attached hydrogen (secondary N) is 1. The SMILES string of the molecule is CCCCC/C=C\C/C=C\C/C=C\CCCCCCCCCCCCC(=O)NC(COP(=O)(O)OCC[N+](C)(C)C)C(/C=C/CCCCCCCCCCCC)OC(=O)CCCCCCCCCCCC/C=C\C/C=C\C/C=C\CCCCC. The van der Waals surface area contributed by atoms with Gasteiger partial charge in [-0.25, -0.2) is 4.57 Å². The molecule has 1 amide bonds. The second-order valence-electron chi connectivity index (χ2n) is 25.0. The van der Waals surface area contributed by atoms with Gasteiger partial charge in [0.15, 0.2) is 0 Å². The summed E-state index contributed by atoms with van der Waals surface area (Å²) < 4.78 is 30.8. The molecule has 0 aromatic rings. The van der Waals surface area contributed by atoms with E-state index in [-0.39, 0.29) is 31.5 Å². The molecule has 0 saturated carbocycles. The first-order valence-electron chi connectivity index (χ1n) is 35.4. The fourth-order valence-corrected chi connectivity index (χ4v) is 10.8. The van der Waals surface area contributed by atoms with Crippen LogP contribution >= 0.6 is 7.82 Å². The van der Waals surface area contributed by atoms with Crippen LogP contribution in [-0.2, 0) is 27.9 Å². The highest BCUT2D eigenvalue weighted by molar-refractivity contribution is 7.47. The van der Waals surface area contributed by atoms with Gasteiger partial charge in [-0.2, -0.15) is 0 Å². The van der Waals surface area contributed by atoms with Crippen LogP contribution in [0.4, 0.5) is 0 Å². The molecule has 10 heteroatoms. The zero-order chi connectivity index (χ0) is 61.4. The molecule has 0 saturated heterocycles. The molecule has 3 atom stereocenters. The minimum Gasteiger partial charge on any atom is -0.456 e. The largest absolute Gasteiger partial charge is 0.472 e. The van der Waals surface area contributed by atoms with Crippen LogP contribution in [0, 0.1) is 0 Å². The monoisotopic (exact) mass is 1200 g/mol. The van der Waals surface area contributed by atoms with E-state index in [0.29, 0.717) is 17.4 Å². The Labute approximate surface area is 520 Å². The number of carbonyl (C=O) groups is 2. The number of allylic oxidation sites excluding steroid dienone is 13. The van der Waals surface area contributed by atoms with E-state index in [1.807, 2.05) is 33.3 Å². The minimum atomic E-state index is -4.46. The molecule has 0 rings (SSSR count). The van der Waals surface area contributed by atoms with Gasteiger partial charge < -0.3 is 19.4 Å². The van der Waals surface area contributed by atoms with Gasteiger partial charge in [-0.1, -0.05) is 286 Å². The number of esters is 1. The van der Waals surface area contributed by atoms with Gasteiger partial charge in [-0.05, 0) is 109 Å². The van der Waals surface area contributed by atoms with E-state index in [9.17, 15) is 19.0 Å². The lowest BCUT2D eigenvalue weighted by molar-refractivity contribution is -0.870. The first-order chi connectivity index (χ1) is 40.9.